The standard InChI is InChI=1S/C10H25NO6SSi/c1-11(7-5-9-18(12,13)14)8-6-10-19(15-2,16-3)17-4/h5-10H2,1-4H3,(H,12,13,14). The summed E-state index contributed by atoms with van der Waals surface area (Å²) < 4.78 is 45.7. The molecule has 0 radical (unpaired) electrons. The Bertz CT molecular complexity index is 325. The zero-order valence-electron chi connectivity index (χ0n) is 12.1. The van der Waals surface area contributed by atoms with Crippen molar-refractivity contribution in [3.8, 4) is 0 Å². The van der Waals surface area contributed by atoms with Crippen LogP contribution in [0.3, 0.4) is 0 Å². The van der Waals surface area contributed by atoms with Crippen LogP contribution in [0.25, 0.3) is 0 Å². The lowest BCUT2D eigenvalue weighted by Crippen LogP contribution is -2.43. The minimum Gasteiger partial charge on any atom is -0.377 e. The number of rotatable bonds is 11. The molecular formula is C10H25NO6SSi. The fraction of sp³-hybridized carbons (Fsp3) is 1.00. The highest BCUT2D eigenvalue weighted by Gasteiger charge is 2.36. The summed E-state index contributed by atoms with van der Waals surface area (Å²) in [6, 6.07) is 0.707. The Morgan fingerprint density at radius 3 is 1.95 bits per heavy atom. The molecule has 0 heterocycles. The molecule has 9 heteroatoms. The molecule has 0 aliphatic rings. The number of hydrogen-bond acceptors (Lipinski definition) is 6. The van der Waals surface area contributed by atoms with Crippen LogP contribution in [0.15, 0.2) is 0 Å². The van der Waals surface area contributed by atoms with Crippen LogP contribution in [0.1, 0.15) is 12.8 Å². The summed E-state index contributed by atoms with van der Waals surface area (Å²) in [4.78, 5) is 2.01. The SMILES string of the molecule is CO[Si](CCCN(C)CCCS(=O)(=O)O)(OC)OC. The van der Waals surface area contributed by atoms with E-state index in [9.17, 15) is 8.42 Å². The third-order valence-electron chi connectivity index (χ3n) is 2.90. The van der Waals surface area contributed by atoms with Crippen molar-refractivity contribution in [3.05, 3.63) is 0 Å². The van der Waals surface area contributed by atoms with Crippen molar-refractivity contribution in [1.82, 2.24) is 4.90 Å². The lowest BCUT2D eigenvalue weighted by atomic mass is 10.4. The predicted molar refractivity (Wildman–Crippen MR) is 74.7 cm³/mol. The molecule has 0 aromatic carbocycles. The van der Waals surface area contributed by atoms with Crippen LogP contribution in [-0.4, -0.2) is 73.9 Å². The smallest absolute Gasteiger partial charge is 0.377 e. The van der Waals surface area contributed by atoms with Gasteiger partial charge in [-0.2, -0.15) is 8.42 Å². The molecule has 0 rings (SSSR count). The second-order valence-corrected chi connectivity index (χ2v) is 9.00. The van der Waals surface area contributed by atoms with E-state index >= 15 is 0 Å². The molecule has 0 fully saturated rings. The van der Waals surface area contributed by atoms with Gasteiger partial charge in [0, 0.05) is 27.4 Å². The molecular weight excluding hydrogens is 290 g/mol. The lowest BCUT2D eigenvalue weighted by Gasteiger charge is -2.25. The second kappa shape index (κ2) is 9.00. The molecule has 0 unspecified atom stereocenters. The molecule has 19 heavy (non-hydrogen) atoms. The Morgan fingerprint density at radius 2 is 1.53 bits per heavy atom. The zero-order chi connectivity index (χ0) is 14.9. The highest BCUT2D eigenvalue weighted by molar-refractivity contribution is 7.85. The van der Waals surface area contributed by atoms with E-state index in [1.54, 1.807) is 21.3 Å². The molecule has 7 nitrogen and oxygen atoms in total. The third-order valence-corrected chi connectivity index (χ3v) is 6.53. The van der Waals surface area contributed by atoms with E-state index in [0.717, 1.165) is 13.0 Å². The van der Waals surface area contributed by atoms with Gasteiger partial charge in [-0.25, -0.2) is 0 Å². The average molecular weight is 315 g/mol. The molecule has 0 spiro atoms. The molecule has 0 amide bonds. The van der Waals surface area contributed by atoms with Crippen LogP contribution < -0.4 is 0 Å². The van der Waals surface area contributed by atoms with E-state index < -0.39 is 18.9 Å². The minimum absolute atomic E-state index is 0.204. The highest BCUT2D eigenvalue weighted by atomic mass is 32.2. The van der Waals surface area contributed by atoms with Gasteiger partial charge in [0.25, 0.3) is 10.1 Å². The highest BCUT2D eigenvalue weighted by Crippen LogP contribution is 2.15. The molecule has 0 aromatic heterocycles. The Morgan fingerprint density at radius 1 is 1.05 bits per heavy atom. The minimum atomic E-state index is -3.86. The van der Waals surface area contributed by atoms with Crippen molar-refractivity contribution in [3.63, 3.8) is 0 Å². The third kappa shape index (κ3) is 8.68. The van der Waals surface area contributed by atoms with Crippen LogP contribution in [0.2, 0.25) is 6.04 Å². The largest absolute Gasteiger partial charge is 0.500 e. The normalized spacial score (nSPS) is 13.2. The van der Waals surface area contributed by atoms with Crippen LogP contribution in [0, 0.1) is 0 Å². The maximum Gasteiger partial charge on any atom is 0.500 e. The van der Waals surface area contributed by atoms with E-state index in [-0.39, 0.29) is 5.75 Å². The van der Waals surface area contributed by atoms with E-state index in [1.165, 1.54) is 0 Å². The zero-order valence-corrected chi connectivity index (χ0v) is 13.9. The van der Waals surface area contributed by atoms with Gasteiger partial charge in [0.1, 0.15) is 0 Å². The first-order valence-electron chi connectivity index (χ1n) is 6.07. The topological polar surface area (TPSA) is 85.3 Å². The molecule has 0 saturated heterocycles. The molecule has 0 saturated carbocycles. The summed E-state index contributed by atoms with van der Waals surface area (Å²) in [5, 5.41) is 0. The monoisotopic (exact) mass is 315 g/mol. The van der Waals surface area contributed by atoms with Crippen molar-refractivity contribution in [2.24, 2.45) is 0 Å². The quantitative estimate of drug-likeness (QED) is 0.438. The van der Waals surface area contributed by atoms with Gasteiger partial charge in [0.2, 0.25) is 0 Å². The first kappa shape index (κ1) is 19.0. The van der Waals surface area contributed by atoms with Gasteiger partial charge < -0.3 is 18.2 Å². The Hall–Kier alpha value is -0.0331. The first-order valence-corrected chi connectivity index (χ1v) is 9.62. The van der Waals surface area contributed by atoms with Crippen LogP contribution in [0.4, 0.5) is 0 Å². The predicted octanol–water partition coefficient (Wildman–Crippen LogP) is 0.464. The van der Waals surface area contributed by atoms with Crippen molar-refractivity contribution >= 4 is 18.9 Å². The fourth-order valence-electron chi connectivity index (χ4n) is 1.75. The number of nitrogens with zero attached hydrogens (tertiary/aromatic N) is 1. The van der Waals surface area contributed by atoms with E-state index in [2.05, 4.69) is 0 Å². The van der Waals surface area contributed by atoms with Crippen molar-refractivity contribution < 1.29 is 26.2 Å². The second-order valence-electron chi connectivity index (χ2n) is 4.34. The molecule has 0 atom stereocenters. The maximum atomic E-state index is 10.6. The van der Waals surface area contributed by atoms with Crippen molar-refractivity contribution in [2.75, 3.05) is 47.2 Å². The van der Waals surface area contributed by atoms with Crippen LogP contribution in [-0.2, 0) is 23.4 Å². The van der Waals surface area contributed by atoms with Gasteiger partial charge in [0.05, 0.1) is 5.75 Å². The maximum absolute atomic E-state index is 10.6. The van der Waals surface area contributed by atoms with Gasteiger partial charge in [-0.15, -0.1) is 0 Å². The van der Waals surface area contributed by atoms with Crippen molar-refractivity contribution in [1.29, 1.82) is 0 Å². The molecule has 0 aliphatic heterocycles. The molecule has 0 aliphatic carbocycles. The molecule has 1 N–H and O–H groups in total. The average Bonchev–Trinajstić information content (AvgIpc) is 2.34. The van der Waals surface area contributed by atoms with Crippen LogP contribution in [0.5, 0.6) is 0 Å². The van der Waals surface area contributed by atoms with Gasteiger partial charge in [0.15, 0.2) is 0 Å². The summed E-state index contributed by atoms with van der Waals surface area (Å²) >= 11 is 0. The Labute approximate surface area is 117 Å². The van der Waals surface area contributed by atoms with Crippen LogP contribution >= 0.6 is 0 Å². The fourth-order valence-corrected chi connectivity index (χ4v) is 3.95. The number of hydrogen-bond donors (Lipinski definition) is 1. The summed E-state index contributed by atoms with van der Waals surface area (Å²) in [7, 11) is 0.275. The molecule has 0 bridgehead atoms. The summed E-state index contributed by atoms with van der Waals surface area (Å²) in [5.41, 5.74) is 0. The van der Waals surface area contributed by atoms with Crippen molar-refractivity contribution in [2.45, 2.75) is 18.9 Å². The van der Waals surface area contributed by atoms with Gasteiger partial charge in [-0.1, -0.05) is 0 Å². The summed E-state index contributed by atoms with van der Waals surface area (Å²) in [6.45, 7) is 1.40. The van der Waals surface area contributed by atoms with Gasteiger partial charge >= 0.3 is 8.80 Å². The van der Waals surface area contributed by atoms with Gasteiger partial charge in [-0.3, -0.25) is 4.55 Å². The summed E-state index contributed by atoms with van der Waals surface area (Å²) in [5.74, 6) is -0.204. The van der Waals surface area contributed by atoms with E-state index in [1.807, 2.05) is 11.9 Å². The first-order chi connectivity index (χ1) is 8.78. The Balaban J connectivity index is 3.88. The lowest BCUT2D eigenvalue weighted by molar-refractivity contribution is 0.122. The van der Waals surface area contributed by atoms with E-state index in [4.69, 9.17) is 17.8 Å². The molecule has 116 valence electrons. The van der Waals surface area contributed by atoms with E-state index in [0.29, 0.717) is 19.0 Å². The molecule has 0 aromatic rings. The summed E-state index contributed by atoms with van der Waals surface area (Å²) in [6.07, 6.45) is 1.25. The van der Waals surface area contributed by atoms with Gasteiger partial charge in [-0.05, 0) is 33.0 Å². The Kier molecular flexibility index (Phi) is 8.99.